The molecule has 1 amide bonds. The first-order chi connectivity index (χ1) is 10.1. The zero-order chi connectivity index (χ0) is 17.2. The highest BCUT2D eigenvalue weighted by molar-refractivity contribution is 5.80. The minimum atomic E-state index is -1.02. The van der Waals surface area contributed by atoms with Gasteiger partial charge in [-0.1, -0.05) is 6.92 Å². The summed E-state index contributed by atoms with van der Waals surface area (Å²) in [5, 5.41) is 2.58. The summed E-state index contributed by atoms with van der Waals surface area (Å²) in [7, 11) is 0. The van der Waals surface area contributed by atoms with E-state index in [2.05, 4.69) is 5.32 Å². The van der Waals surface area contributed by atoms with Gasteiger partial charge in [-0.2, -0.15) is 0 Å². The lowest BCUT2D eigenvalue weighted by atomic mass is 9.94. The Labute approximate surface area is 132 Å². The Hall–Kier alpha value is -1.34. The third-order valence-corrected chi connectivity index (χ3v) is 2.92. The van der Waals surface area contributed by atoms with Crippen molar-refractivity contribution in [3.63, 3.8) is 0 Å². The molecule has 0 fully saturated rings. The maximum absolute atomic E-state index is 11.8. The summed E-state index contributed by atoms with van der Waals surface area (Å²) in [4.78, 5) is 23.1. The van der Waals surface area contributed by atoms with Crippen LogP contribution in [0.5, 0.6) is 0 Å². The normalized spacial score (nSPS) is 14.1. The van der Waals surface area contributed by atoms with Crippen LogP contribution in [0.15, 0.2) is 0 Å². The van der Waals surface area contributed by atoms with E-state index >= 15 is 0 Å². The summed E-state index contributed by atoms with van der Waals surface area (Å²) in [6, 6.07) is 0. The SMILES string of the molecule is CCOC(=O)C(N)(CC)CCOCCNC(=O)OC(C)(C)C. The highest BCUT2D eigenvalue weighted by Gasteiger charge is 2.33. The van der Waals surface area contributed by atoms with E-state index in [0.29, 0.717) is 39.2 Å². The van der Waals surface area contributed by atoms with Crippen LogP contribution in [0.1, 0.15) is 47.5 Å². The summed E-state index contributed by atoms with van der Waals surface area (Å²) in [5.41, 5.74) is 4.47. The molecule has 0 saturated carbocycles. The molecule has 22 heavy (non-hydrogen) atoms. The fourth-order valence-electron chi connectivity index (χ4n) is 1.59. The second kappa shape index (κ2) is 9.63. The molecule has 0 aromatic carbocycles. The van der Waals surface area contributed by atoms with E-state index in [1.165, 1.54) is 0 Å². The van der Waals surface area contributed by atoms with Crippen LogP contribution in [-0.4, -0.2) is 49.6 Å². The first-order valence-corrected chi connectivity index (χ1v) is 7.65. The molecule has 1 atom stereocenters. The highest BCUT2D eigenvalue weighted by Crippen LogP contribution is 2.14. The van der Waals surface area contributed by atoms with Crippen LogP contribution in [0.4, 0.5) is 4.79 Å². The lowest BCUT2D eigenvalue weighted by molar-refractivity contribution is -0.150. The molecule has 3 N–H and O–H groups in total. The van der Waals surface area contributed by atoms with Crippen LogP contribution >= 0.6 is 0 Å². The quantitative estimate of drug-likeness (QED) is 0.494. The molecule has 0 aromatic rings. The van der Waals surface area contributed by atoms with Gasteiger partial charge in [0.05, 0.1) is 13.2 Å². The Bertz CT molecular complexity index is 354. The third-order valence-electron chi connectivity index (χ3n) is 2.92. The molecule has 0 saturated heterocycles. The molecular weight excluding hydrogens is 288 g/mol. The van der Waals surface area contributed by atoms with Gasteiger partial charge in [0.2, 0.25) is 0 Å². The first-order valence-electron chi connectivity index (χ1n) is 7.65. The van der Waals surface area contributed by atoms with E-state index in [1.807, 2.05) is 6.92 Å². The number of rotatable bonds is 9. The summed E-state index contributed by atoms with van der Waals surface area (Å²) < 4.78 is 15.4. The van der Waals surface area contributed by atoms with E-state index < -0.39 is 23.2 Å². The Balaban J connectivity index is 3.88. The molecule has 0 aliphatic heterocycles. The fraction of sp³-hybridized carbons (Fsp3) is 0.867. The number of carbonyl (C=O) groups excluding carboxylic acids is 2. The highest BCUT2D eigenvalue weighted by atomic mass is 16.6. The predicted octanol–water partition coefficient (Wildman–Crippen LogP) is 1.59. The number of nitrogens with one attached hydrogen (secondary N) is 1. The number of ether oxygens (including phenoxy) is 3. The smallest absolute Gasteiger partial charge is 0.407 e. The average molecular weight is 318 g/mol. The van der Waals surface area contributed by atoms with Gasteiger partial charge in [0.25, 0.3) is 0 Å². The molecule has 0 spiro atoms. The van der Waals surface area contributed by atoms with Gasteiger partial charge in [-0.05, 0) is 40.5 Å². The minimum Gasteiger partial charge on any atom is -0.465 e. The maximum Gasteiger partial charge on any atom is 0.407 e. The number of nitrogens with two attached hydrogens (primary N) is 1. The Morgan fingerprint density at radius 2 is 1.77 bits per heavy atom. The van der Waals surface area contributed by atoms with Crippen molar-refractivity contribution in [1.82, 2.24) is 5.32 Å². The molecule has 7 heteroatoms. The Morgan fingerprint density at radius 3 is 2.27 bits per heavy atom. The van der Waals surface area contributed by atoms with E-state index in [1.54, 1.807) is 27.7 Å². The number of carbonyl (C=O) groups is 2. The van der Waals surface area contributed by atoms with E-state index in [0.717, 1.165) is 0 Å². The second-order valence-electron chi connectivity index (χ2n) is 6.02. The van der Waals surface area contributed by atoms with Crippen molar-refractivity contribution in [2.45, 2.75) is 58.6 Å². The van der Waals surface area contributed by atoms with Gasteiger partial charge in [0.15, 0.2) is 0 Å². The van der Waals surface area contributed by atoms with Gasteiger partial charge in [-0.25, -0.2) is 4.79 Å². The molecular formula is C15H30N2O5. The molecule has 130 valence electrons. The zero-order valence-corrected chi connectivity index (χ0v) is 14.4. The van der Waals surface area contributed by atoms with E-state index in [4.69, 9.17) is 19.9 Å². The standard InChI is InChI=1S/C15H30N2O5/c1-6-15(16,12(18)21-7-2)8-10-20-11-9-17-13(19)22-14(3,4)5/h6-11,16H2,1-5H3,(H,17,19). The lowest BCUT2D eigenvalue weighted by Crippen LogP contribution is -2.49. The monoisotopic (exact) mass is 318 g/mol. The lowest BCUT2D eigenvalue weighted by Gasteiger charge is -2.25. The van der Waals surface area contributed by atoms with Crippen molar-refractivity contribution in [3.05, 3.63) is 0 Å². The largest absolute Gasteiger partial charge is 0.465 e. The number of hydrogen-bond acceptors (Lipinski definition) is 6. The third kappa shape index (κ3) is 8.84. The molecule has 0 aliphatic rings. The topological polar surface area (TPSA) is 99.9 Å². The van der Waals surface area contributed by atoms with E-state index in [-0.39, 0.29) is 0 Å². The van der Waals surface area contributed by atoms with Crippen molar-refractivity contribution in [2.24, 2.45) is 5.73 Å². The van der Waals surface area contributed by atoms with Crippen LogP contribution in [0.2, 0.25) is 0 Å². The molecule has 1 unspecified atom stereocenters. The van der Waals surface area contributed by atoms with Gasteiger partial charge in [-0.3, -0.25) is 4.79 Å². The van der Waals surface area contributed by atoms with Gasteiger partial charge >= 0.3 is 12.1 Å². The number of amides is 1. The van der Waals surface area contributed by atoms with Gasteiger partial charge in [0, 0.05) is 13.2 Å². The fourth-order valence-corrected chi connectivity index (χ4v) is 1.59. The number of esters is 1. The molecule has 0 heterocycles. The average Bonchev–Trinajstić information content (AvgIpc) is 2.40. The van der Waals surface area contributed by atoms with Crippen molar-refractivity contribution in [1.29, 1.82) is 0 Å². The van der Waals surface area contributed by atoms with Crippen molar-refractivity contribution < 1.29 is 23.8 Å². The van der Waals surface area contributed by atoms with Crippen LogP contribution in [-0.2, 0) is 19.0 Å². The molecule has 0 rings (SSSR count). The van der Waals surface area contributed by atoms with E-state index in [9.17, 15) is 9.59 Å². The van der Waals surface area contributed by atoms with Crippen LogP contribution < -0.4 is 11.1 Å². The molecule has 0 aliphatic carbocycles. The summed E-state index contributed by atoms with van der Waals surface area (Å²) in [6.07, 6.45) is 0.365. The zero-order valence-electron chi connectivity index (χ0n) is 14.4. The van der Waals surface area contributed by atoms with Crippen molar-refractivity contribution in [2.75, 3.05) is 26.4 Å². The molecule has 0 aromatic heterocycles. The van der Waals surface area contributed by atoms with Crippen molar-refractivity contribution in [3.8, 4) is 0 Å². The molecule has 0 radical (unpaired) electrons. The number of hydrogen-bond donors (Lipinski definition) is 2. The Morgan fingerprint density at radius 1 is 1.14 bits per heavy atom. The van der Waals surface area contributed by atoms with Crippen molar-refractivity contribution >= 4 is 12.1 Å². The minimum absolute atomic E-state index is 0.304. The summed E-state index contributed by atoms with van der Waals surface area (Å²) in [5.74, 6) is -0.409. The molecule has 7 nitrogen and oxygen atoms in total. The van der Waals surface area contributed by atoms with Gasteiger partial charge in [-0.15, -0.1) is 0 Å². The van der Waals surface area contributed by atoms with Crippen LogP contribution in [0.3, 0.4) is 0 Å². The predicted molar refractivity (Wildman–Crippen MR) is 83.5 cm³/mol. The summed E-state index contributed by atoms with van der Waals surface area (Å²) in [6.45, 7) is 10.2. The van der Waals surface area contributed by atoms with Gasteiger partial charge in [0.1, 0.15) is 11.1 Å². The van der Waals surface area contributed by atoms with Crippen LogP contribution in [0.25, 0.3) is 0 Å². The summed E-state index contributed by atoms with van der Waals surface area (Å²) >= 11 is 0. The van der Waals surface area contributed by atoms with Crippen LogP contribution in [0, 0.1) is 0 Å². The number of alkyl carbamates (subject to hydrolysis) is 1. The first kappa shape index (κ1) is 20.7. The maximum atomic E-state index is 11.8. The Kier molecular flexibility index (Phi) is 9.04. The molecule has 0 bridgehead atoms. The second-order valence-corrected chi connectivity index (χ2v) is 6.02. The van der Waals surface area contributed by atoms with Gasteiger partial charge < -0.3 is 25.3 Å².